The van der Waals surface area contributed by atoms with Crippen LogP contribution in [0.15, 0.2) is 12.3 Å². The van der Waals surface area contributed by atoms with Gasteiger partial charge in [0.2, 0.25) is 5.91 Å². The molecule has 0 aliphatic carbocycles. The first-order valence-corrected chi connectivity index (χ1v) is 4.17. The fourth-order valence-electron chi connectivity index (χ4n) is 1.45. The zero-order valence-corrected chi connectivity index (χ0v) is 7.10. The van der Waals surface area contributed by atoms with Gasteiger partial charge in [-0.1, -0.05) is 13.0 Å². The summed E-state index contributed by atoms with van der Waals surface area (Å²) in [7, 11) is 0. The van der Waals surface area contributed by atoms with Gasteiger partial charge in [0.05, 0.1) is 0 Å². The maximum atomic E-state index is 11.0. The molecule has 1 fully saturated rings. The molecule has 2 heteroatoms. The highest BCUT2D eigenvalue weighted by molar-refractivity contribution is 5.75. The van der Waals surface area contributed by atoms with Crippen LogP contribution < -0.4 is 0 Å². The quantitative estimate of drug-likeness (QED) is 0.520. The topological polar surface area (TPSA) is 20.3 Å². The molecular weight excluding hydrogens is 138 g/mol. The van der Waals surface area contributed by atoms with Crippen LogP contribution in [0.4, 0.5) is 0 Å². The number of hydrogen-bond acceptors (Lipinski definition) is 1. The minimum atomic E-state index is 0.136. The van der Waals surface area contributed by atoms with Gasteiger partial charge in [-0.05, 0) is 19.3 Å². The van der Waals surface area contributed by atoms with Crippen LogP contribution in [-0.2, 0) is 4.79 Å². The second-order valence-corrected chi connectivity index (χ2v) is 3.05. The SMILES string of the molecule is C=C1CCCCCN1C(C)=O. The molecule has 0 radical (unpaired) electrons. The molecule has 2 nitrogen and oxygen atoms in total. The second-order valence-electron chi connectivity index (χ2n) is 3.05. The number of rotatable bonds is 0. The molecule has 1 aliphatic rings. The van der Waals surface area contributed by atoms with Crippen molar-refractivity contribution in [3.8, 4) is 0 Å². The van der Waals surface area contributed by atoms with Gasteiger partial charge in [0.1, 0.15) is 0 Å². The van der Waals surface area contributed by atoms with Gasteiger partial charge in [-0.2, -0.15) is 0 Å². The Bertz CT molecular complexity index is 174. The lowest BCUT2D eigenvalue weighted by atomic mass is 10.2. The van der Waals surface area contributed by atoms with Crippen LogP contribution in [0.25, 0.3) is 0 Å². The Morgan fingerprint density at radius 2 is 2.18 bits per heavy atom. The Labute approximate surface area is 67.9 Å². The van der Waals surface area contributed by atoms with Crippen molar-refractivity contribution >= 4 is 5.91 Å². The Balaban J connectivity index is 2.59. The summed E-state index contributed by atoms with van der Waals surface area (Å²) < 4.78 is 0. The minimum Gasteiger partial charge on any atom is -0.317 e. The summed E-state index contributed by atoms with van der Waals surface area (Å²) in [6, 6.07) is 0. The van der Waals surface area contributed by atoms with Crippen LogP contribution in [-0.4, -0.2) is 17.4 Å². The van der Waals surface area contributed by atoms with Crippen LogP contribution in [0.5, 0.6) is 0 Å². The summed E-state index contributed by atoms with van der Waals surface area (Å²) in [6.45, 7) is 6.36. The highest BCUT2D eigenvalue weighted by Gasteiger charge is 2.14. The fraction of sp³-hybridized carbons (Fsp3) is 0.667. The van der Waals surface area contributed by atoms with E-state index in [1.807, 2.05) is 0 Å². The fourth-order valence-corrected chi connectivity index (χ4v) is 1.45. The predicted molar refractivity (Wildman–Crippen MR) is 45.0 cm³/mol. The number of carbonyl (C=O) groups is 1. The molecule has 0 aromatic carbocycles. The summed E-state index contributed by atoms with van der Waals surface area (Å²) in [6.07, 6.45) is 4.52. The van der Waals surface area contributed by atoms with Gasteiger partial charge < -0.3 is 4.90 Å². The molecule has 0 spiro atoms. The molecule has 0 aromatic rings. The van der Waals surface area contributed by atoms with Crippen molar-refractivity contribution in [1.29, 1.82) is 0 Å². The molecule has 11 heavy (non-hydrogen) atoms. The van der Waals surface area contributed by atoms with Crippen molar-refractivity contribution < 1.29 is 4.79 Å². The monoisotopic (exact) mass is 153 g/mol. The van der Waals surface area contributed by atoms with E-state index in [1.54, 1.807) is 11.8 Å². The van der Waals surface area contributed by atoms with E-state index in [2.05, 4.69) is 6.58 Å². The van der Waals surface area contributed by atoms with E-state index < -0.39 is 0 Å². The van der Waals surface area contributed by atoms with E-state index in [-0.39, 0.29) is 5.91 Å². The second kappa shape index (κ2) is 3.56. The normalized spacial score (nSPS) is 19.7. The standard InChI is InChI=1S/C9H15NO/c1-8-6-4-3-5-7-10(8)9(2)11/h1,3-7H2,2H3. The number of amides is 1. The van der Waals surface area contributed by atoms with Crippen molar-refractivity contribution in [2.24, 2.45) is 0 Å². The average Bonchev–Trinajstić information content (AvgIpc) is 2.13. The minimum absolute atomic E-state index is 0.136. The van der Waals surface area contributed by atoms with E-state index in [4.69, 9.17) is 0 Å². The molecule has 1 amide bonds. The van der Waals surface area contributed by atoms with Gasteiger partial charge in [0, 0.05) is 19.2 Å². The third-order valence-corrected chi connectivity index (χ3v) is 2.11. The molecule has 0 aromatic heterocycles. The predicted octanol–water partition coefficient (Wildman–Crippen LogP) is 1.92. The molecular formula is C9H15NO. The van der Waals surface area contributed by atoms with E-state index >= 15 is 0 Å². The van der Waals surface area contributed by atoms with Gasteiger partial charge >= 0.3 is 0 Å². The van der Waals surface area contributed by atoms with E-state index in [1.165, 1.54) is 12.8 Å². The summed E-state index contributed by atoms with van der Waals surface area (Å²) >= 11 is 0. The van der Waals surface area contributed by atoms with Gasteiger partial charge in [-0.15, -0.1) is 0 Å². The maximum Gasteiger partial charge on any atom is 0.223 e. The van der Waals surface area contributed by atoms with E-state index in [0.717, 1.165) is 25.1 Å². The zero-order chi connectivity index (χ0) is 8.27. The van der Waals surface area contributed by atoms with Gasteiger partial charge in [-0.3, -0.25) is 4.79 Å². The smallest absolute Gasteiger partial charge is 0.223 e. The number of nitrogens with zero attached hydrogens (tertiary/aromatic N) is 1. The van der Waals surface area contributed by atoms with Crippen LogP contribution in [0.1, 0.15) is 32.6 Å². The van der Waals surface area contributed by atoms with Crippen molar-refractivity contribution in [3.63, 3.8) is 0 Å². The average molecular weight is 153 g/mol. The Morgan fingerprint density at radius 3 is 2.82 bits per heavy atom. The Kier molecular flexibility index (Phi) is 2.69. The van der Waals surface area contributed by atoms with Crippen LogP contribution in [0, 0.1) is 0 Å². The molecule has 0 bridgehead atoms. The lowest BCUT2D eigenvalue weighted by molar-refractivity contribution is -0.126. The third-order valence-electron chi connectivity index (χ3n) is 2.11. The molecule has 62 valence electrons. The van der Waals surface area contributed by atoms with Gasteiger partial charge in [0.15, 0.2) is 0 Å². The maximum absolute atomic E-state index is 11.0. The van der Waals surface area contributed by atoms with Crippen LogP contribution >= 0.6 is 0 Å². The van der Waals surface area contributed by atoms with Crippen molar-refractivity contribution in [2.45, 2.75) is 32.6 Å². The number of allylic oxidation sites excluding steroid dienone is 1. The van der Waals surface area contributed by atoms with Crippen molar-refractivity contribution in [1.82, 2.24) is 4.90 Å². The largest absolute Gasteiger partial charge is 0.317 e. The first-order valence-electron chi connectivity index (χ1n) is 4.17. The molecule has 0 saturated carbocycles. The van der Waals surface area contributed by atoms with Crippen LogP contribution in [0.2, 0.25) is 0 Å². The Morgan fingerprint density at radius 1 is 1.45 bits per heavy atom. The lowest BCUT2D eigenvalue weighted by Crippen LogP contribution is -2.27. The molecule has 0 unspecified atom stereocenters. The highest BCUT2D eigenvalue weighted by Crippen LogP contribution is 2.17. The molecule has 1 heterocycles. The Hall–Kier alpha value is -0.790. The first-order chi connectivity index (χ1) is 5.22. The summed E-state index contributed by atoms with van der Waals surface area (Å²) in [4.78, 5) is 12.8. The van der Waals surface area contributed by atoms with Crippen LogP contribution in [0.3, 0.4) is 0 Å². The third kappa shape index (κ3) is 2.07. The van der Waals surface area contributed by atoms with E-state index in [0.29, 0.717) is 0 Å². The number of carbonyl (C=O) groups excluding carboxylic acids is 1. The number of hydrogen-bond donors (Lipinski definition) is 0. The summed E-state index contributed by atoms with van der Waals surface area (Å²) in [5, 5.41) is 0. The summed E-state index contributed by atoms with van der Waals surface area (Å²) in [5.41, 5.74) is 0.995. The first kappa shape index (κ1) is 8.31. The highest BCUT2D eigenvalue weighted by atomic mass is 16.2. The molecule has 1 aliphatic heterocycles. The molecule has 0 N–H and O–H groups in total. The lowest BCUT2D eigenvalue weighted by Gasteiger charge is -2.19. The van der Waals surface area contributed by atoms with E-state index in [9.17, 15) is 4.79 Å². The van der Waals surface area contributed by atoms with Crippen molar-refractivity contribution in [3.05, 3.63) is 12.3 Å². The van der Waals surface area contributed by atoms with Gasteiger partial charge in [-0.25, -0.2) is 0 Å². The molecule has 1 saturated heterocycles. The number of likely N-dealkylation sites (tertiary alicyclic amines) is 1. The molecule has 0 atom stereocenters. The molecule has 1 rings (SSSR count). The zero-order valence-electron chi connectivity index (χ0n) is 7.10. The van der Waals surface area contributed by atoms with Crippen molar-refractivity contribution in [2.75, 3.05) is 6.54 Å². The van der Waals surface area contributed by atoms with Gasteiger partial charge in [0.25, 0.3) is 0 Å². The summed E-state index contributed by atoms with van der Waals surface area (Å²) in [5.74, 6) is 0.136.